The van der Waals surface area contributed by atoms with Crippen LogP contribution in [0.5, 0.6) is 0 Å². The van der Waals surface area contributed by atoms with Crippen molar-refractivity contribution in [1.29, 1.82) is 0 Å². The molecular weight excluding hydrogens is 304 g/mol. The van der Waals surface area contributed by atoms with E-state index >= 15 is 0 Å². The molecule has 0 aliphatic carbocycles. The maximum Gasteiger partial charge on any atom is 0.356 e. The molecule has 1 aromatic carbocycles. The summed E-state index contributed by atoms with van der Waals surface area (Å²) in [6, 6.07) is 10.4. The summed E-state index contributed by atoms with van der Waals surface area (Å²) >= 11 is 0. The number of nitrogens with zero attached hydrogens (tertiary/aromatic N) is 4. The van der Waals surface area contributed by atoms with Crippen molar-refractivity contribution in [3.8, 4) is 11.3 Å². The van der Waals surface area contributed by atoms with Gasteiger partial charge in [-0.1, -0.05) is 18.2 Å². The molecule has 0 spiro atoms. The number of carbonyl (C=O) groups is 1. The molecule has 3 rings (SSSR count). The van der Waals surface area contributed by atoms with Crippen LogP contribution in [0, 0.1) is 0 Å². The number of aromatic nitrogens is 2. The van der Waals surface area contributed by atoms with E-state index in [9.17, 15) is 9.90 Å². The quantitative estimate of drug-likeness (QED) is 0.933. The fourth-order valence-electron chi connectivity index (χ4n) is 3.27. The Hall–Kier alpha value is -2.34. The molecular formula is C18H24N4O2. The molecule has 1 saturated heterocycles. The van der Waals surface area contributed by atoms with Crippen LogP contribution in [0.2, 0.25) is 0 Å². The summed E-state index contributed by atoms with van der Waals surface area (Å²) in [5.41, 5.74) is 3.07. The van der Waals surface area contributed by atoms with E-state index in [0.717, 1.165) is 43.1 Å². The zero-order valence-electron chi connectivity index (χ0n) is 14.4. The molecule has 1 aliphatic heterocycles. The number of carboxylic acids is 1. The van der Waals surface area contributed by atoms with Crippen molar-refractivity contribution in [2.24, 2.45) is 7.05 Å². The van der Waals surface area contributed by atoms with Crippen molar-refractivity contribution in [1.82, 2.24) is 14.7 Å². The normalized spacial score (nSPS) is 15.9. The number of hydrogen-bond donors (Lipinski definition) is 1. The van der Waals surface area contributed by atoms with Crippen LogP contribution in [0.25, 0.3) is 11.3 Å². The first-order valence-electron chi connectivity index (χ1n) is 8.33. The molecule has 1 aromatic heterocycles. The third kappa shape index (κ3) is 3.14. The Labute approximate surface area is 142 Å². The zero-order valence-corrected chi connectivity index (χ0v) is 14.4. The molecule has 2 heterocycles. The minimum absolute atomic E-state index is 0.0759. The van der Waals surface area contributed by atoms with Gasteiger partial charge < -0.3 is 10.0 Å². The maximum absolute atomic E-state index is 11.2. The van der Waals surface area contributed by atoms with Gasteiger partial charge in [0.25, 0.3) is 0 Å². The fraction of sp³-hybridized carbons (Fsp3) is 0.444. The van der Waals surface area contributed by atoms with E-state index in [2.05, 4.69) is 34.8 Å². The molecule has 0 unspecified atom stereocenters. The minimum atomic E-state index is -1.00. The minimum Gasteiger partial charge on any atom is -0.476 e. The number of piperazine rings is 1. The summed E-state index contributed by atoms with van der Waals surface area (Å²) in [7, 11) is 1.79. The number of aryl methyl sites for hydroxylation is 1. The lowest BCUT2D eigenvalue weighted by molar-refractivity contribution is 0.0689. The van der Waals surface area contributed by atoms with Gasteiger partial charge in [0.1, 0.15) is 0 Å². The molecule has 0 atom stereocenters. The lowest BCUT2D eigenvalue weighted by Crippen LogP contribution is -2.49. The molecule has 6 heteroatoms. The standard InChI is InChI=1S/C18H24N4O2/c1-13(2)21-8-10-22(11-9-21)16-7-5-4-6-14(16)17-12-15(18(23)24)19-20(17)3/h4-7,12-13H,8-11H2,1-3H3,(H,23,24). The predicted molar refractivity (Wildman–Crippen MR) is 94.5 cm³/mol. The van der Waals surface area contributed by atoms with E-state index in [1.54, 1.807) is 17.8 Å². The van der Waals surface area contributed by atoms with E-state index in [1.165, 1.54) is 0 Å². The highest BCUT2D eigenvalue weighted by atomic mass is 16.4. The van der Waals surface area contributed by atoms with Crippen LogP contribution >= 0.6 is 0 Å². The van der Waals surface area contributed by atoms with Gasteiger partial charge in [-0.2, -0.15) is 5.10 Å². The van der Waals surface area contributed by atoms with Gasteiger partial charge in [-0.3, -0.25) is 9.58 Å². The Balaban J connectivity index is 1.91. The summed E-state index contributed by atoms with van der Waals surface area (Å²) in [5, 5.41) is 13.3. The van der Waals surface area contributed by atoms with Gasteiger partial charge in [0.2, 0.25) is 0 Å². The number of hydrogen-bond acceptors (Lipinski definition) is 4. The molecule has 0 saturated carbocycles. The monoisotopic (exact) mass is 328 g/mol. The van der Waals surface area contributed by atoms with Crippen molar-refractivity contribution in [2.75, 3.05) is 31.1 Å². The average molecular weight is 328 g/mol. The molecule has 2 aromatic rings. The van der Waals surface area contributed by atoms with Crippen molar-refractivity contribution >= 4 is 11.7 Å². The highest BCUT2D eigenvalue weighted by Gasteiger charge is 2.22. The Bertz CT molecular complexity index is 730. The highest BCUT2D eigenvalue weighted by Crippen LogP contribution is 2.31. The SMILES string of the molecule is CC(C)N1CCN(c2ccccc2-c2cc(C(=O)O)nn2C)CC1. The van der Waals surface area contributed by atoms with Crippen LogP contribution in [0.1, 0.15) is 24.3 Å². The number of carboxylic acid groups (broad SMARTS) is 1. The summed E-state index contributed by atoms with van der Waals surface area (Å²) in [5.74, 6) is -1.00. The molecule has 0 bridgehead atoms. The van der Waals surface area contributed by atoms with E-state index < -0.39 is 5.97 Å². The van der Waals surface area contributed by atoms with Gasteiger partial charge in [-0.15, -0.1) is 0 Å². The van der Waals surface area contributed by atoms with Crippen molar-refractivity contribution in [3.63, 3.8) is 0 Å². The van der Waals surface area contributed by atoms with Gasteiger partial charge in [0.05, 0.1) is 5.69 Å². The lowest BCUT2D eigenvalue weighted by Gasteiger charge is -2.38. The Morgan fingerprint density at radius 3 is 2.42 bits per heavy atom. The van der Waals surface area contributed by atoms with E-state index in [4.69, 9.17) is 0 Å². The molecule has 1 aliphatic rings. The second-order valence-corrected chi connectivity index (χ2v) is 6.48. The highest BCUT2D eigenvalue weighted by molar-refractivity contribution is 5.88. The first kappa shape index (κ1) is 16.5. The van der Waals surface area contributed by atoms with Crippen LogP contribution in [0.3, 0.4) is 0 Å². The zero-order chi connectivity index (χ0) is 17.3. The first-order valence-corrected chi connectivity index (χ1v) is 8.33. The van der Waals surface area contributed by atoms with Gasteiger partial charge in [0.15, 0.2) is 5.69 Å². The largest absolute Gasteiger partial charge is 0.476 e. The summed E-state index contributed by atoms with van der Waals surface area (Å²) in [6.07, 6.45) is 0. The molecule has 24 heavy (non-hydrogen) atoms. The number of rotatable bonds is 4. The Morgan fingerprint density at radius 2 is 1.83 bits per heavy atom. The number of para-hydroxylation sites is 1. The molecule has 1 fully saturated rings. The van der Waals surface area contributed by atoms with Crippen LogP contribution in [-0.2, 0) is 7.05 Å². The fourth-order valence-corrected chi connectivity index (χ4v) is 3.27. The molecule has 1 N–H and O–H groups in total. The third-order valence-electron chi connectivity index (χ3n) is 4.66. The first-order chi connectivity index (χ1) is 11.5. The van der Waals surface area contributed by atoms with E-state index in [1.807, 2.05) is 18.2 Å². The molecule has 0 radical (unpaired) electrons. The second kappa shape index (κ2) is 6.65. The van der Waals surface area contributed by atoms with Crippen molar-refractivity contribution < 1.29 is 9.90 Å². The van der Waals surface area contributed by atoms with E-state index in [-0.39, 0.29) is 5.69 Å². The van der Waals surface area contributed by atoms with Crippen LogP contribution in [0.15, 0.2) is 30.3 Å². The van der Waals surface area contributed by atoms with E-state index in [0.29, 0.717) is 6.04 Å². The number of aromatic carboxylic acids is 1. The summed E-state index contributed by atoms with van der Waals surface area (Å²) < 4.78 is 1.65. The topological polar surface area (TPSA) is 61.6 Å². The summed E-state index contributed by atoms with van der Waals surface area (Å²) in [6.45, 7) is 8.48. The maximum atomic E-state index is 11.2. The van der Waals surface area contributed by atoms with Gasteiger partial charge in [-0.05, 0) is 26.0 Å². The third-order valence-corrected chi connectivity index (χ3v) is 4.66. The van der Waals surface area contributed by atoms with Crippen LogP contribution in [-0.4, -0.2) is 58.0 Å². The van der Waals surface area contributed by atoms with Gasteiger partial charge >= 0.3 is 5.97 Å². The average Bonchev–Trinajstić information content (AvgIpc) is 2.97. The second-order valence-electron chi connectivity index (χ2n) is 6.48. The predicted octanol–water partition coefficient (Wildman–Crippen LogP) is 2.32. The van der Waals surface area contributed by atoms with Gasteiger partial charge in [0, 0.05) is 50.5 Å². The van der Waals surface area contributed by atoms with Crippen molar-refractivity contribution in [3.05, 3.63) is 36.0 Å². The number of benzene rings is 1. The molecule has 128 valence electrons. The summed E-state index contributed by atoms with van der Waals surface area (Å²) in [4.78, 5) is 16.0. The Kier molecular flexibility index (Phi) is 4.57. The van der Waals surface area contributed by atoms with Crippen LogP contribution < -0.4 is 4.90 Å². The Morgan fingerprint density at radius 1 is 1.17 bits per heavy atom. The molecule has 6 nitrogen and oxygen atoms in total. The van der Waals surface area contributed by atoms with Crippen LogP contribution in [0.4, 0.5) is 5.69 Å². The molecule has 0 amide bonds. The smallest absolute Gasteiger partial charge is 0.356 e. The van der Waals surface area contributed by atoms with Crippen molar-refractivity contribution in [2.45, 2.75) is 19.9 Å². The number of anilines is 1. The lowest BCUT2D eigenvalue weighted by atomic mass is 10.1. The van der Waals surface area contributed by atoms with Gasteiger partial charge in [-0.25, -0.2) is 4.79 Å².